The molecule has 0 atom stereocenters. The van der Waals surface area contributed by atoms with Crippen LogP contribution in [0.15, 0.2) is 30.3 Å². The number of carbonyl (C=O) groups excluding carboxylic acids is 1. The lowest BCUT2D eigenvalue weighted by Crippen LogP contribution is -2.43. The highest BCUT2D eigenvalue weighted by atomic mass is 16.2. The van der Waals surface area contributed by atoms with Crippen molar-refractivity contribution in [2.24, 2.45) is 0 Å². The van der Waals surface area contributed by atoms with E-state index in [2.05, 4.69) is 6.07 Å². The SMILES string of the molecule is CN(C(=O)CCc1ccccc1)C(C)(C)C#N. The molecule has 1 amide bonds. The van der Waals surface area contributed by atoms with Crippen molar-refractivity contribution in [2.75, 3.05) is 7.05 Å². The molecule has 0 aliphatic heterocycles. The molecule has 3 heteroatoms. The van der Waals surface area contributed by atoms with E-state index in [0.717, 1.165) is 5.56 Å². The lowest BCUT2D eigenvalue weighted by atomic mass is 10.0. The Kier molecular flexibility index (Phi) is 4.28. The standard InChI is InChI=1S/C14H18N2O/c1-14(2,11-15)16(3)13(17)10-9-12-7-5-4-6-8-12/h4-8H,9-10H2,1-3H3. The lowest BCUT2D eigenvalue weighted by molar-refractivity contribution is -0.133. The maximum atomic E-state index is 11.9. The molecule has 1 rings (SSSR count). The maximum absolute atomic E-state index is 11.9. The van der Waals surface area contributed by atoms with Gasteiger partial charge in [-0.25, -0.2) is 0 Å². The van der Waals surface area contributed by atoms with Crippen LogP contribution in [0, 0.1) is 11.3 Å². The van der Waals surface area contributed by atoms with Crippen molar-refractivity contribution in [2.45, 2.75) is 32.2 Å². The predicted octanol–water partition coefficient (Wildman–Crippen LogP) is 2.38. The molecule has 0 heterocycles. The fourth-order valence-electron chi connectivity index (χ4n) is 1.45. The van der Waals surface area contributed by atoms with Crippen molar-refractivity contribution in [3.05, 3.63) is 35.9 Å². The first-order valence-electron chi connectivity index (χ1n) is 5.69. The highest BCUT2D eigenvalue weighted by Crippen LogP contribution is 2.13. The second kappa shape index (κ2) is 5.49. The minimum absolute atomic E-state index is 0.000373. The Bertz CT molecular complexity index is 418. The minimum Gasteiger partial charge on any atom is -0.328 e. The quantitative estimate of drug-likeness (QED) is 0.797. The molecule has 0 spiro atoms. The molecule has 0 fully saturated rings. The van der Waals surface area contributed by atoms with Crippen LogP contribution < -0.4 is 0 Å². The van der Waals surface area contributed by atoms with E-state index in [9.17, 15) is 4.79 Å². The van der Waals surface area contributed by atoms with Crippen molar-refractivity contribution in [1.29, 1.82) is 5.26 Å². The molecule has 0 bridgehead atoms. The van der Waals surface area contributed by atoms with Crippen molar-refractivity contribution in [3.8, 4) is 6.07 Å². The predicted molar refractivity (Wildman–Crippen MR) is 67.2 cm³/mol. The van der Waals surface area contributed by atoms with Crippen LogP contribution in [0.25, 0.3) is 0 Å². The Hall–Kier alpha value is -1.82. The zero-order valence-electron chi connectivity index (χ0n) is 10.6. The molecular weight excluding hydrogens is 212 g/mol. The number of hydrogen-bond acceptors (Lipinski definition) is 2. The van der Waals surface area contributed by atoms with E-state index in [1.165, 1.54) is 4.90 Å². The van der Waals surface area contributed by atoms with E-state index in [-0.39, 0.29) is 5.91 Å². The second-order valence-electron chi connectivity index (χ2n) is 4.61. The van der Waals surface area contributed by atoms with Crippen LogP contribution in [0.4, 0.5) is 0 Å². The normalized spacial score (nSPS) is 10.7. The van der Waals surface area contributed by atoms with Crippen LogP contribution in [-0.2, 0) is 11.2 Å². The average Bonchev–Trinajstić information content (AvgIpc) is 2.36. The first-order chi connectivity index (χ1) is 7.97. The monoisotopic (exact) mass is 230 g/mol. The van der Waals surface area contributed by atoms with Gasteiger partial charge in [-0.2, -0.15) is 5.26 Å². The maximum Gasteiger partial charge on any atom is 0.223 e. The molecular formula is C14H18N2O. The van der Waals surface area contributed by atoms with Crippen LogP contribution in [0.1, 0.15) is 25.8 Å². The fourth-order valence-corrected chi connectivity index (χ4v) is 1.45. The summed E-state index contributed by atoms with van der Waals surface area (Å²) in [4.78, 5) is 13.4. The molecule has 90 valence electrons. The molecule has 0 aliphatic carbocycles. The van der Waals surface area contributed by atoms with Crippen LogP contribution in [0.3, 0.4) is 0 Å². The fraction of sp³-hybridized carbons (Fsp3) is 0.429. The Morgan fingerprint density at radius 1 is 1.35 bits per heavy atom. The summed E-state index contributed by atoms with van der Waals surface area (Å²) in [6.07, 6.45) is 1.15. The van der Waals surface area contributed by atoms with Crippen molar-refractivity contribution in [3.63, 3.8) is 0 Å². The summed E-state index contributed by atoms with van der Waals surface area (Å²) in [5.41, 5.74) is 0.400. The Labute approximate surface area is 103 Å². The van der Waals surface area contributed by atoms with Gasteiger partial charge in [-0.1, -0.05) is 30.3 Å². The number of hydrogen-bond donors (Lipinski definition) is 0. The van der Waals surface area contributed by atoms with Gasteiger partial charge in [0.05, 0.1) is 6.07 Å². The zero-order chi connectivity index (χ0) is 12.9. The van der Waals surface area contributed by atoms with Gasteiger partial charge in [-0.05, 0) is 25.8 Å². The summed E-state index contributed by atoms with van der Waals surface area (Å²) in [6.45, 7) is 3.49. The van der Waals surface area contributed by atoms with Gasteiger partial charge in [-0.15, -0.1) is 0 Å². The van der Waals surface area contributed by atoms with Gasteiger partial charge in [-0.3, -0.25) is 4.79 Å². The number of rotatable bonds is 4. The third-order valence-corrected chi connectivity index (χ3v) is 2.96. The molecule has 0 saturated heterocycles. The lowest BCUT2D eigenvalue weighted by Gasteiger charge is -2.29. The zero-order valence-corrected chi connectivity index (χ0v) is 10.6. The Morgan fingerprint density at radius 2 is 1.94 bits per heavy atom. The topological polar surface area (TPSA) is 44.1 Å². The van der Waals surface area contributed by atoms with Crippen molar-refractivity contribution >= 4 is 5.91 Å². The van der Waals surface area contributed by atoms with Gasteiger partial charge < -0.3 is 4.90 Å². The summed E-state index contributed by atoms with van der Waals surface area (Å²) in [5, 5.41) is 8.95. The summed E-state index contributed by atoms with van der Waals surface area (Å²) >= 11 is 0. The molecule has 3 nitrogen and oxygen atoms in total. The molecule has 0 unspecified atom stereocenters. The van der Waals surface area contributed by atoms with Gasteiger partial charge in [0.2, 0.25) is 5.91 Å². The van der Waals surface area contributed by atoms with E-state index in [1.807, 2.05) is 30.3 Å². The van der Waals surface area contributed by atoms with Gasteiger partial charge in [0.1, 0.15) is 5.54 Å². The van der Waals surface area contributed by atoms with Gasteiger partial charge in [0.25, 0.3) is 0 Å². The van der Waals surface area contributed by atoms with E-state index in [0.29, 0.717) is 12.8 Å². The molecule has 0 aliphatic rings. The summed E-state index contributed by atoms with van der Waals surface area (Å²) in [5.74, 6) is 0.000373. The van der Waals surface area contributed by atoms with E-state index in [4.69, 9.17) is 5.26 Å². The van der Waals surface area contributed by atoms with Crippen LogP contribution in [0.5, 0.6) is 0 Å². The molecule has 17 heavy (non-hydrogen) atoms. The number of amides is 1. The van der Waals surface area contributed by atoms with Crippen LogP contribution in [-0.4, -0.2) is 23.4 Å². The smallest absolute Gasteiger partial charge is 0.223 e. The third kappa shape index (κ3) is 3.60. The molecule has 1 aromatic carbocycles. The number of carbonyl (C=O) groups is 1. The molecule has 1 aromatic rings. The first-order valence-corrected chi connectivity index (χ1v) is 5.69. The highest BCUT2D eigenvalue weighted by Gasteiger charge is 2.26. The minimum atomic E-state index is -0.742. The van der Waals surface area contributed by atoms with Gasteiger partial charge in [0, 0.05) is 13.5 Å². The molecule has 0 aromatic heterocycles. The first kappa shape index (κ1) is 13.2. The molecule has 0 saturated carbocycles. The van der Waals surface area contributed by atoms with Crippen LogP contribution >= 0.6 is 0 Å². The van der Waals surface area contributed by atoms with Gasteiger partial charge in [0.15, 0.2) is 0 Å². The number of benzene rings is 1. The largest absolute Gasteiger partial charge is 0.328 e. The van der Waals surface area contributed by atoms with Crippen LogP contribution in [0.2, 0.25) is 0 Å². The van der Waals surface area contributed by atoms with Gasteiger partial charge >= 0.3 is 0 Å². The summed E-state index contributed by atoms with van der Waals surface area (Å²) in [6, 6.07) is 12.0. The number of nitriles is 1. The van der Waals surface area contributed by atoms with Crippen molar-refractivity contribution < 1.29 is 4.79 Å². The van der Waals surface area contributed by atoms with E-state index >= 15 is 0 Å². The second-order valence-corrected chi connectivity index (χ2v) is 4.61. The Morgan fingerprint density at radius 3 is 2.47 bits per heavy atom. The Balaban J connectivity index is 2.54. The highest BCUT2D eigenvalue weighted by molar-refractivity contribution is 5.77. The van der Waals surface area contributed by atoms with E-state index < -0.39 is 5.54 Å². The summed E-state index contributed by atoms with van der Waals surface area (Å²) in [7, 11) is 1.68. The molecule has 0 radical (unpaired) electrons. The van der Waals surface area contributed by atoms with Crippen molar-refractivity contribution in [1.82, 2.24) is 4.90 Å². The molecule has 0 N–H and O–H groups in total. The van der Waals surface area contributed by atoms with E-state index in [1.54, 1.807) is 20.9 Å². The number of nitrogens with zero attached hydrogens (tertiary/aromatic N) is 2. The third-order valence-electron chi connectivity index (χ3n) is 2.96. The average molecular weight is 230 g/mol. The number of aryl methyl sites for hydroxylation is 1. The summed E-state index contributed by atoms with van der Waals surface area (Å²) < 4.78 is 0.